The van der Waals surface area contributed by atoms with E-state index in [-0.39, 0.29) is 52.9 Å². The first-order valence-electron chi connectivity index (χ1n) is 14.6. The number of fused-ring (bicyclic) bond motifs is 4. The Morgan fingerprint density at radius 2 is 1.82 bits per heavy atom. The number of carbonyl (C=O) groups excluding carboxylic acids is 2. The fraction of sp³-hybridized carbons (Fsp3) is 0.265. The molecule has 44 heavy (non-hydrogen) atoms. The Balaban J connectivity index is 1.36. The molecule has 10 heteroatoms. The van der Waals surface area contributed by atoms with Gasteiger partial charge >= 0.3 is 0 Å². The number of carbonyl (C=O) groups is 2. The van der Waals surface area contributed by atoms with Crippen LogP contribution >= 0.6 is 11.6 Å². The minimum atomic E-state index is -0.870. The van der Waals surface area contributed by atoms with Crippen molar-refractivity contribution < 1.29 is 18.4 Å². The fourth-order valence-corrected chi connectivity index (χ4v) is 6.07. The molecule has 4 aromatic rings. The number of halogens is 3. The zero-order valence-corrected chi connectivity index (χ0v) is 24.8. The standard InChI is InChI=1S/C34H30ClF2N5O2/c1-20-4-2-5-29(42-15-11-23(19-31(42)43)32-26(36)9-8-25(35)33(32)37)28-18-22(10-14-38-28)24-7-6-21(16-27(24)41-34(20)44)17-30-39-12-3-13-40-30/h3,6-10,12-14,16,18-20,29H,2,4-5,11,15,17H2,1H3,(H,41,44)/t20-,29+/m1/s1. The van der Waals surface area contributed by atoms with Gasteiger partial charge in [0.25, 0.3) is 0 Å². The maximum absolute atomic E-state index is 14.8. The van der Waals surface area contributed by atoms with Gasteiger partial charge in [0.15, 0.2) is 5.82 Å². The van der Waals surface area contributed by atoms with Crippen LogP contribution in [0.2, 0.25) is 5.02 Å². The van der Waals surface area contributed by atoms with Crippen LogP contribution in [0, 0.1) is 17.6 Å². The molecule has 0 saturated carbocycles. The highest BCUT2D eigenvalue weighted by Crippen LogP contribution is 2.37. The van der Waals surface area contributed by atoms with E-state index in [4.69, 9.17) is 11.6 Å². The predicted molar refractivity (Wildman–Crippen MR) is 165 cm³/mol. The third kappa shape index (κ3) is 6.10. The van der Waals surface area contributed by atoms with Crippen LogP contribution in [0.15, 0.2) is 73.2 Å². The zero-order chi connectivity index (χ0) is 30.8. The second-order valence-corrected chi connectivity index (χ2v) is 11.6. The van der Waals surface area contributed by atoms with Gasteiger partial charge in [0, 0.05) is 54.8 Å². The van der Waals surface area contributed by atoms with Gasteiger partial charge in [0.05, 0.1) is 22.3 Å². The van der Waals surface area contributed by atoms with Crippen LogP contribution in [0.3, 0.4) is 0 Å². The summed E-state index contributed by atoms with van der Waals surface area (Å²) in [7, 11) is 0. The minimum Gasteiger partial charge on any atom is -0.330 e. The largest absolute Gasteiger partial charge is 0.330 e. The van der Waals surface area contributed by atoms with E-state index in [0.29, 0.717) is 42.9 Å². The molecule has 0 unspecified atom stereocenters. The van der Waals surface area contributed by atoms with Crippen LogP contribution in [0.25, 0.3) is 16.7 Å². The van der Waals surface area contributed by atoms with Gasteiger partial charge in [-0.15, -0.1) is 0 Å². The van der Waals surface area contributed by atoms with Gasteiger partial charge in [0.1, 0.15) is 11.6 Å². The molecule has 2 aliphatic heterocycles. The molecule has 7 nitrogen and oxygen atoms in total. The van der Waals surface area contributed by atoms with E-state index in [1.807, 2.05) is 37.3 Å². The Kier molecular flexibility index (Phi) is 8.48. The topological polar surface area (TPSA) is 88.1 Å². The van der Waals surface area contributed by atoms with Crippen molar-refractivity contribution in [3.05, 3.63) is 112 Å². The second-order valence-electron chi connectivity index (χ2n) is 11.2. The number of pyridine rings is 1. The molecule has 0 radical (unpaired) electrons. The Morgan fingerprint density at radius 3 is 2.61 bits per heavy atom. The van der Waals surface area contributed by atoms with Gasteiger partial charge in [-0.3, -0.25) is 14.6 Å². The molecule has 2 aliphatic rings. The first-order valence-corrected chi connectivity index (χ1v) is 15.0. The molecule has 2 bridgehead atoms. The molecule has 2 amide bonds. The molecule has 0 spiro atoms. The monoisotopic (exact) mass is 613 g/mol. The fourth-order valence-electron chi connectivity index (χ4n) is 5.91. The molecule has 6 rings (SSSR count). The highest BCUT2D eigenvalue weighted by atomic mass is 35.5. The molecule has 2 aromatic carbocycles. The van der Waals surface area contributed by atoms with E-state index in [1.54, 1.807) is 29.6 Å². The van der Waals surface area contributed by atoms with Crippen molar-refractivity contribution in [1.82, 2.24) is 19.9 Å². The number of amides is 2. The summed E-state index contributed by atoms with van der Waals surface area (Å²) in [5.41, 5.74) is 4.02. The summed E-state index contributed by atoms with van der Waals surface area (Å²) in [5.74, 6) is -1.66. The Labute approximate surface area is 259 Å². The van der Waals surface area contributed by atoms with Crippen molar-refractivity contribution in [2.45, 2.75) is 45.1 Å². The number of hydrogen-bond acceptors (Lipinski definition) is 5. The lowest BCUT2D eigenvalue weighted by molar-refractivity contribution is -0.129. The summed E-state index contributed by atoms with van der Waals surface area (Å²) in [4.78, 5) is 41.8. The van der Waals surface area contributed by atoms with Crippen molar-refractivity contribution >= 4 is 34.7 Å². The van der Waals surface area contributed by atoms with E-state index in [2.05, 4.69) is 20.3 Å². The summed E-state index contributed by atoms with van der Waals surface area (Å²) >= 11 is 5.91. The van der Waals surface area contributed by atoms with Gasteiger partial charge in [-0.05, 0) is 72.4 Å². The van der Waals surface area contributed by atoms with Crippen LogP contribution < -0.4 is 5.32 Å². The number of hydrogen-bond donors (Lipinski definition) is 1. The maximum atomic E-state index is 14.8. The summed E-state index contributed by atoms with van der Waals surface area (Å²) in [6, 6.07) is 13.4. The van der Waals surface area contributed by atoms with Crippen LogP contribution in [0.1, 0.15) is 61.3 Å². The molecule has 2 aromatic heterocycles. The SMILES string of the molecule is C[C@@H]1CCC[C@H](N2CCC(c3c(F)ccc(Cl)c3F)=CC2=O)c2cc(ccn2)-c2ccc(Cc3ncccn3)cc2NC1=O. The third-order valence-electron chi connectivity index (χ3n) is 8.26. The second kappa shape index (κ2) is 12.6. The quantitative estimate of drug-likeness (QED) is 0.246. The number of benzene rings is 2. The van der Waals surface area contributed by atoms with Crippen molar-refractivity contribution in [2.24, 2.45) is 5.92 Å². The maximum Gasteiger partial charge on any atom is 0.247 e. The first kappa shape index (κ1) is 29.6. The molecule has 0 saturated heterocycles. The Bertz CT molecular complexity index is 1760. The lowest BCUT2D eigenvalue weighted by Gasteiger charge is -2.34. The predicted octanol–water partition coefficient (Wildman–Crippen LogP) is 7.18. The Morgan fingerprint density at radius 1 is 1.00 bits per heavy atom. The average Bonchev–Trinajstić information content (AvgIpc) is 3.02. The van der Waals surface area contributed by atoms with Crippen molar-refractivity contribution in [2.75, 3.05) is 11.9 Å². The minimum absolute atomic E-state index is 0.0852. The summed E-state index contributed by atoms with van der Waals surface area (Å²) in [5, 5.41) is 2.94. The molecule has 0 fully saturated rings. The van der Waals surface area contributed by atoms with Crippen LogP contribution in [-0.4, -0.2) is 38.2 Å². The van der Waals surface area contributed by atoms with Gasteiger partial charge in [-0.1, -0.05) is 37.1 Å². The van der Waals surface area contributed by atoms with Crippen LogP contribution in [-0.2, 0) is 16.0 Å². The summed E-state index contributed by atoms with van der Waals surface area (Å²) in [6.07, 6.45) is 9.02. The van der Waals surface area contributed by atoms with E-state index >= 15 is 0 Å². The van der Waals surface area contributed by atoms with Crippen molar-refractivity contribution in [3.8, 4) is 11.1 Å². The van der Waals surface area contributed by atoms with Crippen LogP contribution in [0.4, 0.5) is 14.5 Å². The van der Waals surface area contributed by atoms with Gasteiger partial charge < -0.3 is 10.2 Å². The van der Waals surface area contributed by atoms with E-state index in [9.17, 15) is 18.4 Å². The lowest BCUT2D eigenvalue weighted by atomic mass is 9.92. The lowest BCUT2D eigenvalue weighted by Crippen LogP contribution is -2.38. The molecule has 1 N–H and O–H groups in total. The van der Waals surface area contributed by atoms with Gasteiger partial charge in [-0.2, -0.15) is 0 Å². The number of rotatable bonds is 4. The van der Waals surface area contributed by atoms with Gasteiger partial charge in [-0.25, -0.2) is 18.7 Å². The average molecular weight is 614 g/mol. The zero-order valence-electron chi connectivity index (χ0n) is 24.1. The van der Waals surface area contributed by atoms with E-state index in [0.717, 1.165) is 28.8 Å². The molecular weight excluding hydrogens is 584 g/mol. The third-order valence-corrected chi connectivity index (χ3v) is 8.56. The first-order chi connectivity index (χ1) is 21.3. The molecular formula is C34H30ClF2N5O2. The number of anilines is 1. The van der Waals surface area contributed by atoms with Crippen molar-refractivity contribution in [3.63, 3.8) is 0 Å². The molecule has 2 atom stereocenters. The highest BCUT2D eigenvalue weighted by Gasteiger charge is 2.31. The van der Waals surface area contributed by atoms with E-state index < -0.39 is 11.6 Å². The number of nitrogens with one attached hydrogen (secondary N) is 1. The van der Waals surface area contributed by atoms with Crippen molar-refractivity contribution in [1.29, 1.82) is 0 Å². The summed E-state index contributed by atoms with van der Waals surface area (Å²) in [6.45, 7) is 2.15. The molecule has 0 aliphatic carbocycles. The summed E-state index contributed by atoms with van der Waals surface area (Å²) < 4.78 is 29.4. The van der Waals surface area contributed by atoms with Crippen LogP contribution in [0.5, 0.6) is 0 Å². The number of aromatic nitrogens is 3. The number of nitrogens with zero attached hydrogens (tertiary/aromatic N) is 4. The van der Waals surface area contributed by atoms with Gasteiger partial charge in [0.2, 0.25) is 11.8 Å². The van der Waals surface area contributed by atoms with E-state index in [1.165, 1.54) is 6.08 Å². The highest BCUT2D eigenvalue weighted by molar-refractivity contribution is 6.31. The normalized spacial score (nSPS) is 18.9. The Hall–Kier alpha value is -4.50. The smallest absolute Gasteiger partial charge is 0.247 e. The molecule has 224 valence electrons. The molecule has 4 heterocycles.